The van der Waals surface area contributed by atoms with Crippen LogP contribution in [0.15, 0.2) is 77.7 Å². The summed E-state index contributed by atoms with van der Waals surface area (Å²) in [4.78, 5) is 21.7. The lowest BCUT2D eigenvalue weighted by Gasteiger charge is -2.23. The fourth-order valence-electron chi connectivity index (χ4n) is 5.01. The van der Waals surface area contributed by atoms with Crippen molar-refractivity contribution in [3.05, 3.63) is 99.5 Å². The molecule has 0 spiro atoms. The molecule has 0 bridgehead atoms. The van der Waals surface area contributed by atoms with Gasteiger partial charge in [-0.05, 0) is 47.4 Å². The molecule has 1 N–H and O–H groups in total. The van der Waals surface area contributed by atoms with Crippen molar-refractivity contribution in [3.8, 4) is 11.1 Å². The Bertz CT molecular complexity index is 1590. The topological polar surface area (TPSA) is 79.4 Å². The van der Waals surface area contributed by atoms with Gasteiger partial charge in [-0.25, -0.2) is 13.4 Å². The normalized spacial score (nSPS) is 15.3. The van der Waals surface area contributed by atoms with E-state index in [0.29, 0.717) is 10.7 Å². The Morgan fingerprint density at radius 1 is 1.05 bits per heavy atom. The maximum absolute atomic E-state index is 13.0. The van der Waals surface area contributed by atoms with Crippen LogP contribution in [0.4, 0.5) is 5.13 Å². The van der Waals surface area contributed by atoms with Crippen molar-refractivity contribution in [2.24, 2.45) is 0 Å². The number of hydrogen-bond donors (Lipinski definition) is 1. The van der Waals surface area contributed by atoms with E-state index < -0.39 is 9.84 Å². The van der Waals surface area contributed by atoms with Crippen molar-refractivity contribution < 1.29 is 13.2 Å². The van der Waals surface area contributed by atoms with Crippen LogP contribution in [-0.2, 0) is 34.1 Å². The quantitative estimate of drug-likeness (QED) is 0.233. The Labute approximate surface area is 238 Å². The third-order valence-electron chi connectivity index (χ3n) is 6.97. The Balaban J connectivity index is 1.30. The minimum Gasteiger partial charge on any atom is -0.302 e. The number of sulfone groups is 1. The summed E-state index contributed by atoms with van der Waals surface area (Å²) in [5.74, 6) is -0.171. The fraction of sp³-hybridized carbons (Fsp3) is 0.267. The number of benzene rings is 3. The maximum atomic E-state index is 13.0. The maximum Gasteiger partial charge on any atom is 0.230 e. The number of fused-ring (bicyclic) bond motifs is 1. The zero-order chi connectivity index (χ0) is 27.6. The largest absolute Gasteiger partial charge is 0.302 e. The summed E-state index contributed by atoms with van der Waals surface area (Å²) in [6.07, 6.45) is 1.05. The van der Waals surface area contributed by atoms with Gasteiger partial charge >= 0.3 is 0 Å². The molecule has 0 unspecified atom stereocenters. The van der Waals surface area contributed by atoms with Crippen molar-refractivity contribution in [2.75, 3.05) is 11.1 Å². The molecule has 0 radical (unpaired) electrons. The summed E-state index contributed by atoms with van der Waals surface area (Å²) in [7, 11) is -3.42. The van der Waals surface area contributed by atoms with Gasteiger partial charge in [0, 0.05) is 28.6 Å². The van der Waals surface area contributed by atoms with Gasteiger partial charge in [0.05, 0.1) is 28.8 Å². The molecule has 2 heterocycles. The average Bonchev–Trinajstić information content (AvgIpc) is 3.46. The van der Waals surface area contributed by atoms with Gasteiger partial charge in [-0.2, -0.15) is 0 Å². The Morgan fingerprint density at radius 3 is 2.46 bits per heavy atom. The van der Waals surface area contributed by atoms with Crippen LogP contribution in [0, 0.1) is 0 Å². The number of nitrogens with zero attached hydrogens (tertiary/aromatic N) is 2. The molecule has 0 saturated carbocycles. The Hall–Kier alpha value is -3.04. The number of aromatic nitrogens is 1. The van der Waals surface area contributed by atoms with Crippen LogP contribution in [0.5, 0.6) is 0 Å². The predicted octanol–water partition coefficient (Wildman–Crippen LogP) is 6.91. The molecule has 39 heavy (non-hydrogen) atoms. The van der Waals surface area contributed by atoms with Crippen LogP contribution in [0.1, 0.15) is 48.0 Å². The van der Waals surface area contributed by atoms with Gasteiger partial charge in [0.15, 0.2) is 15.0 Å². The van der Waals surface area contributed by atoms with Crippen LogP contribution in [-0.4, -0.2) is 30.0 Å². The highest BCUT2D eigenvalue weighted by atomic mass is 35.5. The molecular formula is C30H30ClN3O3S2. The minimum atomic E-state index is -3.42. The van der Waals surface area contributed by atoms with Crippen molar-refractivity contribution >= 4 is 43.8 Å². The van der Waals surface area contributed by atoms with Gasteiger partial charge in [0.1, 0.15) is 0 Å². The average molecular weight is 580 g/mol. The van der Waals surface area contributed by atoms with Gasteiger partial charge in [-0.3, -0.25) is 9.69 Å². The smallest absolute Gasteiger partial charge is 0.230 e. The molecule has 1 amide bonds. The van der Waals surface area contributed by atoms with Gasteiger partial charge in [-0.15, -0.1) is 11.3 Å². The van der Waals surface area contributed by atoms with Gasteiger partial charge in [0.25, 0.3) is 0 Å². The molecule has 1 aliphatic heterocycles. The van der Waals surface area contributed by atoms with E-state index in [2.05, 4.69) is 17.1 Å². The van der Waals surface area contributed by atoms with Crippen molar-refractivity contribution in [1.29, 1.82) is 0 Å². The monoisotopic (exact) mass is 579 g/mol. The summed E-state index contributed by atoms with van der Waals surface area (Å²) in [6, 6.07) is 22.7. The number of rotatable bonds is 9. The second-order valence-corrected chi connectivity index (χ2v) is 13.4. The molecule has 1 aliphatic rings. The standard InChI is InChI=1S/C30H30ClN3O3S2/c1-3-25-29-26(19-34(25)18-20-10-13-23(31)14-11-20)38-30(33-29)32-28(35)17-21-12-15-27(39(36,37)4-2)24(16-21)22-8-6-5-7-9-22/h5-16,25H,3-4,17-19H2,1-2H3,(H,32,33,35)/t25-/m1/s1. The minimum absolute atomic E-state index is 0.0112. The van der Waals surface area contributed by atoms with Gasteiger partial charge < -0.3 is 5.32 Å². The number of anilines is 1. The molecule has 6 nitrogen and oxygen atoms in total. The first-order valence-corrected chi connectivity index (χ1v) is 15.8. The summed E-state index contributed by atoms with van der Waals surface area (Å²) >= 11 is 7.56. The highest BCUT2D eigenvalue weighted by Gasteiger charge is 2.33. The van der Waals surface area contributed by atoms with Crippen LogP contribution in [0.25, 0.3) is 11.1 Å². The summed E-state index contributed by atoms with van der Waals surface area (Å²) in [6.45, 7) is 5.39. The Morgan fingerprint density at radius 2 is 1.77 bits per heavy atom. The molecule has 1 aromatic heterocycles. The number of halogens is 1. The van der Waals surface area contributed by atoms with Crippen LogP contribution < -0.4 is 5.32 Å². The number of amides is 1. The molecule has 0 fully saturated rings. The van der Waals surface area contributed by atoms with E-state index in [-0.39, 0.29) is 29.0 Å². The SMILES string of the molecule is CC[C@@H]1c2nc(NC(=O)Cc3ccc(S(=O)(=O)CC)c(-c4ccccc4)c3)sc2CN1Cc1ccc(Cl)cc1. The molecule has 4 aromatic rings. The second kappa shape index (κ2) is 11.6. The van der Waals surface area contributed by atoms with Gasteiger partial charge in [-0.1, -0.05) is 74.0 Å². The summed E-state index contributed by atoms with van der Waals surface area (Å²) in [5.41, 5.74) is 4.40. The van der Waals surface area contributed by atoms with E-state index in [1.165, 1.54) is 21.8 Å². The second-order valence-electron chi connectivity index (χ2n) is 9.61. The molecule has 202 valence electrons. The number of carbonyl (C=O) groups is 1. The molecule has 9 heteroatoms. The van der Waals surface area contributed by atoms with Crippen molar-refractivity contribution in [2.45, 2.75) is 50.7 Å². The lowest BCUT2D eigenvalue weighted by molar-refractivity contribution is -0.115. The van der Waals surface area contributed by atoms with E-state index >= 15 is 0 Å². The van der Waals surface area contributed by atoms with E-state index in [1.54, 1.807) is 25.1 Å². The molecular weight excluding hydrogens is 550 g/mol. The lowest BCUT2D eigenvalue weighted by atomic mass is 10.0. The van der Waals surface area contributed by atoms with E-state index in [4.69, 9.17) is 16.6 Å². The lowest BCUT2D eigenvalue weighted by Crippen LogP contribution is -2.22. The molecule has 0 aliphatic carbocycles. The van der Waals surface area contributed by atoms with E-state index in [0.717, 1.165) is 41.4 Å². The summed E-state index contributed by atoms with van der Waals surface area (Å²) < 4.78 is 25.5. The Kier molecular flexibility index (Phi) is 8.19. The number of thiazole rings is 1. The number of nitrogens with one attached hydrogen (secondary N) is 1. The first kappa shape index (κ1) is 27.5. The molecule has 1 atom stereocenters. The number of carbonyl (C=O) groups excluding carboxylic acids is 1. The number of hydrogen-bond acceptors (Lipinski definition) is 6. The van der Waals surface area contributed by atoms with Crippen molar-refractivity contribution in [3.63, 3.8) is 0 Å². The molecule has 5 rings (SSSR count). The molecule has 3 aromatic carbocycles. The van der Waals surface area contributed by atoms with Crippen LogP contribution in [0.2, 0.25) is 5.02 Å². The van der Waals surface area contributed by atoms with Crippen LogP contribution in [0.3, 0.4) is 0 Å². The third-order valence-corrected chi connectivity index (χ3v) is 9.98. The van der Waals surface area contributed by atoms with Gasteiger partial charge in [0.2, 0.25) is 5.91 Å². The first-order valence-electron chi connectivity index (χ1n) is 13.0. The highest BCUT2D eigenvalue weighted by molar-refractivity contribution is 7.91. The van der Waals surface area contributed by atoms with E-state index in [9.17, 15) is 13.2 Å². The highest BCUT2D eigenvalue weighted by Crippen LogP contribution is 2.41. The first-order chi connectivity index (χ1) is 18.8. The van der Waals surface area contributed by atoms with Crippen molar-refractivity contribution in [1.82, 2.24) is 9.88 Å². The fourth-order valence-corrected chi connectivity index (χ4v) is 7.29. The van der Waals surface area contributed by atoms with E-state index in [1.807, 2.05) is 54.6 Å². The molecule has 0 saturated heterocycles. The predicted molar refractivity (Wildman–Crippen MR) is 158 cm³/mol. The summed E-state index contributed by atoms with van der Waals surface area (Å²) in [5, 5.41) is 4.30. The third kappa shape index (κ3) is 6.09. The zero-order valence-electron chi connectivity index (χ0n) is 21.9. The van der Waals surface area contributed by atoms with Crippen LogP contribution >= 0.6 is 22.9 Å². The zero-order valence-corrected chi connectivity index (χ0v) is 24.2.